The van der Waals surface area contributed by atoms with Crippen molar-refractivity contribution in [1.82, 2.24) is 10.2 Å². The molecule has 1 N–H and O–H groups in total. The fraction of sp³-hybridized carbons (Fsp3) is 0.519. The molecule has 1 aliphatic carbocycles. The van der Waals surface area contributed by atoms with Gasteiger partial charge in [-0.1, -0.05) is 32.0 Å². The van der Waals surface area contributed by atoms with E-state index in [9.17, 15) is 18.0 Å². The Hall–Kier alpha value is -2.74. The molecule has 2 bridgehead atoms. The highest BCUT2D eigenvalue weighted by atomic mass is 19.4. The van der Waals surface area contributed by atoms with E-state index in [1.54, 1.807) is 6.07 Å². The molecule has 6 rings (SSSR count). The minimum atomic E-state index is -4.44. The predicted octanol–water partition coefficient (Wildman–Crippen LogP) is 5.82. The molecule has 0 spiro atoms. The summed E-state index contributed by atoms with van der Waals surface area (Å²) >= 11 is 0. The number of carbonyl (C=O) groups is 1. The lowest BCUT2D eigenvalue weighted by molar-refractivity contribution is -0.137. The van der Waals surface area contributed by atoms with Crippen molar-refractivity contribution in [2.24, 2.45) is 11.3 Å². The van der Waals surface area contributed by atoms with Crippen molar-refractivity contribution < 1.29 is 27.4 Å². The SMILES string of the molecule is COc1ccc(C(F)(F)F)cc1-c1ccc2c(c1)CC(C)(C)C2NC(=O)O[C@H]1CN2CCC1CC2. The highest BCUT2D eigenvalue weighted by Crippen LogP contribution is 2.47. The van der Waals surface area contributed by atoms with Crippen molar-refractivity contribution in [2.45, 2.75) is 51.4 Å². The van der Waals surface area contributed by atoms with Crippen LogP contribution in [0.4, 0.5) is 18.0 Å². The third-order valence-electron chi connectivity index (χ3n) is 7.84. The number of hydrogen-bond acceptors (Lipinski definition) is 4. The van der Waals surface area contributed by atoms with Crippen LogP contribution >= 0.6 is 0 Å². The van der Waals surface area contributed by atoms with Gasteiger partial charge in [0.2, 0.25) is 0 Å². The van der Waals surface area contributed by atoms with E-state index >= 15 is 0 Å². The Morgan fingerprint density at radius 3 is 2.49 bits per heavy atom. The molecule has 2 aromatic rings. The third kappa shape index (κ3) is 4.60. The van der Waals surface area contributed by atoms with Gasteiger partial charge in [0.05, 0.1) is 18.7 Å². The zero-order chi connectivity index (χ0) is 25.0. The van der Waals surface area contributed by atoms with E-state index in [1.807, 2.05) is 12.1 Å². The van der Waals surface area contributed by atoms with Gasteiger partial charge in [-0.15, -0.1) is 0 Å². The van der Waals surface area contributed by atoms with Gasteiger partial charge in [-0.05, 0) is 78.6 Å². The molecule has 0 radical (unpaired) electrons. The summed E-state index contributed by atoms with van der Waals surface area (Å²) in [5.41, 5.74) is 2.02. The number of fused-ring (bicyclic) bond motifs is 4. The first-order valence-electron chi connectivity index (χ1n) is 12.1. The molecule has 35 heavy (non-hydrogen) atoms. The number of alkyl carbamates (subject to hydrolysis) is 1. The van der Waals surface area contributed by atoms with Gasteiger partial charge in [-0.25, -0.2) is 4.79 Å². The van der Waals surface area contributed by atoms with Crippen LogP contribution < -0.4 is 10.1 Å². The first kappa shape index (κ1) is 24.0. The maximum atomic E-state index is 13.3. The summed E-state index contributed by atoms with van der Waals surface area (Å²) in [5.74, 6) is 0.811. The summed E-state index contributed by atoms with van der Waals surface area (Å²) in [6.07, 6.45) is -2.10. The summed E-state index contributed by atoms with van der Waals surface area (Å²) in [7, 11) is 1.45. The normalized spacial score (nSPS) is 26.8. The van der Waals surface area contributed by atoms with Gasteiger partial charge in [0, 0.05) is 12.1 Å². The molecule has 5 nitrogen and oxygen atoms in total. The molecule has 1 amide bonds. The molecule has 4 aliphatic rings. The molecule has 8 heteroatoms. The number of nitrogens with one attached hydrogen (secondary N) is 1. The minimum Gasteiger partial charge on any atom is -0.496 e. The van der Waals surface area contributed by atoms with E-state index in [0.717, 1.165) is 55.7 Å². The molecule has 3 fully saturated rings. The lowest BCUT2D eigenvalue weighted by Gasteiger charge is -2.44. The van der Waals surface area contributed by atoms with Crippen molar-refractivity contribution in [3.63, 3.8) is 0 Å². The van der Waals surface area contributed by atoms with Gasteiger partial charge in [-0.2, -0.15) is 13.2 Å². The fourth-order valence-corrected chi connectivity index (χ4v) is 5.94. The highest BCUT2D eigenvalue weighted by molar-refractivity contribution is 5.74. The summed E-state index contributed by atoms with van der Waals surface area (Å²) in [6.45, 7) is 7.11. The number of alkyl halides is 3. The minimum absolute atomic E-state index is 0.0720. The van der Waals surface area contributed by atoms with Crippen LogP contribution in [0.25, 0.3) is 11.1 Å². The van der Waals surface area contributed by atoms with E-state index in [2.05, 4.69) is 24.1 Å². The first-order valence-corrected chi connectivity index (χ1v) is 12.1. The standard InChI is InChI=1S/C27H31F3N2O3/c1-26(2)14-18-12-17(21-13-19(27(28,29)30)5-7-22(21)34-3)4-6-20(18)24(26)31-25(33)35-23-15-32-10-8-16(23)9-11-32/h4-7,12-13,16,23-24H,8-11,14-15H2,1-3H3,(H,31,33)/t23-,24?/m0/s1. The van der Waals surface area contributed by atoms with Crippen LogP contribution in [0.3, 0.4) is 0 Å². The lowest BCUT2D eigenvalue weighted by atomic mass is 9.85. The number of benzene rings is 2. The Balaban J connectivity index is 1.38. The molecule has 3 saturated heterocycles. The number of ether oxygens (including phenoxy) is 2. The molecule has 1 unspecified atom stereocenters. The average molecular weight is 489 g/mol. The lowest BCUT2D eigenvalue weighted by Crippen LogP contribution is -2.53. The van der Waals surface area contributed by atoms with Crippen molar-refractivity contribution in [2.75, 3.05) is 26.7 Å². The van der Waals surface area contributed by atoms with Crippen molar-refractivity contribution in [1.29, 1.82) is 0 Å². The van der Waals surface area contributed by atoms with E-state index in [0.29, 0.717) is 29.2 Å². The van der Waals surface area contributed by atoms with Gasteiger partial charge in [0.1, 0.15) is 11.9 Å². The molecular weight excluding hydrogens is 457 g/mol. The van der Waals surface area contributed by atoms with Crippen molar-refractivity contribution >= 4 is 6.09 Å². The van der Waals surface area contributed by atoms with Crippen molar-refractivity contribution in [3.05, 3.63) is 53.1 Å². The predicted molar refractivity (Wildman–Crippen MR) is 126 cm³/mol. The van der Waals surface area contributed by atoms with Crippen LogP contribution in [0.1, 0.15) is 49.4 Å². The fourth-order valence-electron chi connectivity index (χ4n) is 5.94. The van der Waals surface area contributed by atoms with Gasteiger partial charge in [0.25, 0.3) is 0 Å². The van der Waals surface area contributed by atoms with Gasteiger partial charge >= 0.3 is 12.3 Å². The Bertz CT molecular complexity index is 1120. The van der Waals surface area contributed by atoms with E-state index in [-0.39, 0.29) is 17.6 Å². The maximum Gasteiger partial charge on any atom is 0.416 e. The van der Waals surface area contributed by atoms with Gasteiger partial charge in [-0.3, -0.25) is 4.90 Å². The molecule has 188 valence electrons. The Labute approximate surface area is 203 Å². The van der Waals surface area contributed by atoms with E-state index < -0.39 is 17.8 Å². The zero-order valence-corrected chi connectivity index (χ0v) is 20.2. The Morgan fingerprint density at radius 2 is 1.86 bits per heavy atom. The second kappa shape index (κ2) is 8.73. The third-order valence-corrected chi connectivity index (χ3v) is 7.84. The quantitative estimate of drug-likeness (QED) is 0.589. The van der Waals surface area contributed by atoms with Crippen LogP contribution in [0.5, 0.6) is 5.75 Å². The number of methoxy groups -OCH3 is 1. The Kier molecular flexibility index (Phi) is 5.98. The molecule has 0 saturated carbocycles. The first-order chi connectivity index (χ1) is 16.5. The molecule has 2 atom stereocenters. The largest absolute Gasteiger partial charge is 0.496 e. The van der Waals surface area contributed by atoms with E-state index in [1.165, 1.54) is 13.2 Å². The molecule has 2 aromatic carbocycles. The van der Waals surface area contributed by atoms with Gasteiger partial charge < -0.3 is 14.8 Å². The average Bonchev–Trinajstić information content (AvgIpc) is 3.07. The second-order valence-electron chi connectivity index (χ2n) is 10.7. The van der Waals surface area contributed by atoms with E-state index in [4.69, 9.17) is 9.47 Å². The highest BCUT2D eigenvalue weighted by Gasteiger charge is 2.42. The number of piperidine rings is 3. The number of amides is 1. The van der Waals surface area contributed by atoms with Crippen molar-refractivity contribution in [3.8, 4) is 16.9 Å². The van der Waals surface area contributed by atoms with Crippen LogP contribution in [0, 0.1) is 11.3 Å². The van der Waals surface area contributed by atoms with Crippen LogP contribution in [0.15, 0.2) is 36.4 Å². The maximum absolute atomic E-state index is 13.3. The Morgan fingerprint density at radius 1 is 1.11 bits per heavy atom. The number of halogens is 3. The summed E-state index contributed by atoms with van der Waals surface area (Å²) in [6, 6.07) is 8.87. The van der Waals surface area contributed by atoms with Gasteiger partial charge in [0.15, 0.2) is 0 Å². The topological polar surface area (TPSA) is 50.8 Å². The monoisotopic (exact) mass is 488 g/mol. The smallest absolute Gasteiger partial charge is 0.416 e. The molecule has 3 aliphatic heterocycles. The number of carbonyl (C=O) groups excluding carboxylic acids is 1. The summed E-state index contributed by atoms with van der Waals surface area (Å²) in [5, 5.41) is 3.09. The van der Waals surface area contributed by atoms with Crippen LogP contribution in [0.2, 0.25) is 0 Å². The summed E-state index contributed by atoms with van der Waals surface area (Å²) in [4.78, 5) is 15.2. The second-order valence-corrected chi connectivity index (χ2v) is 10.7. The van der Waals surface area contributed by atoms with Crippen LogP contribution in [-0.2, 0) is 17.3 Å². The number of hydrogen-bond donors (Lipinski definition) is 1. The summed E-state index contributed by atoms with van der Waals surface area (Å²) < 4.78 is 51.2. The zero-order valence-electron chi connectivity index (χ0n) is 20.2. The number of nitrogens with zero attached hydrogens (tertiary/aromatic N) is 1. The molecular formula is C27H31F3N2O3. The number of rotatable bonds is 4. The molecule has 3 heterocycles. The van der Waals surface area contributed by atoms with Crippen LogP contribution in [-0.4, -0.2) is 43.8 Å². The molecule has 0 aromatic heterocycles.